The van der Waals surface area contributed by atoms with Gasteiger partial charge in [0.05, 0.1) is 5.54 Å². The lowest BCUT2D eigenvalue weighted by Gasteiger charge is -2.31. The average Bonchev–Trinajstić information content (AvgIpc) is 2.78. The van der Waals surface area contributed by atoms with Crippen molar-refractivity contribution in [1.82, 2.24) is 10.6 Å². The van der Waals surface area contributed by atoms with E-state index >= 15 is 0 Å². The number of hydrogen-bond donors (Lipinski definition) is 3. The summed E-state index contributed by atoms with van der Waals surface area (Å²) in [5, 5.41) is 15.5. The minimum absolute atomic E-state index is 0.0279. The van der Waals surface area contributed by atoms with Crippen LogP contribution in [0.15, 0.2) is 36.1 Å². The molecule has 1 spiro atoms. The zero-order valence-electron chi connectivity index (χ0n) is 9.06. The number of carboxylic acids is 1. The highest BCUT2D eigenvalue weighted by molar-refractivity contribution is 5.86. The quantitative estimate of drug-likeness (QED) is 0.653. The molecule has 0 aromatic heterocycles. The van der Waals surface area contributed by atoms with Gasteiger partial charge in [-0.3, -0.25) is 5.32 Å². The summed E-state index contributed by atoms with van der Waals surface area (Å²) < 4.78 is 5.37. The van der Waals surface area contributed by atoms with Crippen molar-refractivity contribution in [2.75, 3.05) is 13.2 Å². The summed E-state index contributed by atoms with van der Waals surface area (Å²) in [6.07, 6.45) is 1.64. The predicted octanol–water partition coefficient (Wildman–Crippen LogP) is 0.393. The number of aliphatic carboxylic acids is 1. The molecule has 0 bridgehead atoms. The molecule has 3 N–H and O–H groups in total. The molecular formula is C12H12N2O3. The summed E-state index contributed by atoms with van der Waals surface area (Å²) in [6.45, 7) is 1.31. The Hall–Kier alpha value is -1.85. The standard InChI is InChI=1S/C12H12N2O3/c15-11(16)10-5-12(6-13-7-14-12)8-3-1-2-4-9(8)17-10/h1-5,13-14H,6-7H2,(H,15,16). The molecule has 5 heteroatoms. The second-order valence-electron chi connectivity index (χ2n) is 4.16. The molecule has 1 aromatic carbocycles. The molecule has 1 saturated heterocycles. The Kier molecular flexibility index (Phi) is 2.17. The van der Waals surface area contributed by atoms with E-state index in [2.05, 4.69) is 10.6 Å². The molecule has 2 heterocycles. The fourth-order valence-electron chi connectivity index (χ4n) is 2.31. The number of nitrogens with one attached hydrogen (secondary N) is 2. The lowest BCUT2D eigenvalue weighted by atomic mass is 9.87. The first kappa shape index (κ1) is 10.3. The van der Waals surface area contributed by atoms with Crippen LogP contribution < -0.4 is 15.4 Å². The second-order valence-corrected chi connectivity index (χ2v) is 4.16. The Morgan fingerprint density at radius 1 is 1.41 bits per heavy atom. The second kappa shape index (κ2) is 3.58. The topological polar surface area (TPSA) is 70.6 Å². The molecule has 2 aliphatic heterocycles. The predicted molar refractivity (Wildman–Crippen MR) is 60.5 cm³/mol. The van der Waals surface area contributed by atoms with Crippen LogP contribution in [-0.4, -0.2) is 24.3 Å². The van der Waals surface area contributed by atoms with Crippen molar-refractivity contribution in [1.29, 1.82) is 0 Å². The molecule has 1 aromatic rings. The SMILES string of the molecule is O=C(O)C1=CC2(CNCN2)c2ccccc2O1. The van der Waals surface area contributed by atoms with Gasteiger partial charge >= 0.3 is 5.97 Å². The number of fused-ring (bicyclic) bond motifs is 2. The summed E-state index contributed by atoms with van der Waals surface area (Å²) >= 11 is 0. The van der Waals surface area contributed by atoms with Crippen molar-refractivity contribution in [2.45, 2.75) is 5.54 Å². The maximum atomic E-state index is 11.1. The Morgan fingerprint density at radius 2 is 2.24 bits per heavy atom. The Balaban J connectivity index is 2.15. The van der Waals surface area contributed by atoms with Gasteiger partial charge in [0.25, 0.3) is 0 Å². The summed E-state index contributed by atoms with van der Waals surface area (Å²) in [5.41, 5.74) is 0.498. The molecule has 5 nitrogen and oxygen atoms in total. The van der Waals surface area contributed by atoms with Gasteiger partial charge in [-0.15, -0.1) is 0 Å². The summed E-state index contributed by atoms with van der Waals surface area (Å²) in [5.74, 6) is -0.476. The van der Waals surface area contributed by atoms with E-state index in [1.807, 2.05) is 18.2 Å². The van der Waals surface area contributed by atoms with Gasteiger partial charge in [-0.25, -0.2) is 4.79 Å². The molecular weight excluding hydrogens is 220 g/mol. The third-order valence-electron chi connectivity index (χ3n) is 3.11. The number of para-hydroxylation sites is 1. The summed E-state index contributed by atoms with van der Waals surface area (Å²) in [7, 11) is 0. The first-order valence-corrected chi connectivity index (χ1v) is 5.40. The minimum Gasteiger partial charge on any atom is -0.475 e. The minimum atomic E-state index is -1.05. The summed E-state index contributed by atoms with van der Waals surface area (Å²) in [4.78, 5) is 11.1. The van der Waals surface area contributed by atoms with Crippen molar-refractivity contribution in [3.63, 3.8) is 0 Å². The van der Waals surface area contributed by atoms with E-state index in [4.69, 9.17) is 9.84 Å². The van der Waals surface area contributed by atoms with Gasteiger partial charge < -0.3 is 15.2 Å². The highest BCUT2D eigenvalue weighted by Crippen LogP contribution is 2.37. The molecule has 3 rings (SSSR count). The van der Waals surface area contributed by atoms with Crippen LogP contribution in [0.2, 0.25) is 0 Å². The van der Waals surface area contributed by atoms with E-state index in [0.29, 0.717) is 19.0 Å². The van der Waals surface area contributed by atoms with Crippen LogP contribution in [0.3, 0.4) is 0 Å². The largest absolute Gasteiger partial charge is 0.475 e. The fraction of sp³-hybridized carbons (Fsp3) is 0.250. The number of ether oxygens (including phenoxy) is 1. The molecule has 1 unspecified atom stereocenters. The lowest BCUT2D eigenvalue weighted by Crippen LogP contribution is -2.41. The Morgan fingerprint density at radius 3 is 2.94 bits per heavy atom. The fourth-order valence-corrected chi connectivity index (χ4v) is 2.31. The third-order valence-corrected chi connectivity index (χ3v) is 3.11. The summed E-state index contributed by atoms with van der Waals surface area (Å²) in [6, 6.07) is 7.49. The van der Waals surface area contributed by atoms with Crippen LogP contribution in [0.25, 0.3) is 0 Å². The van der Waals surface area contributed by atoms with Crippen molar-refractivity contribution < 1.29 is 14.6 Å². The van der Waals surface area contributed by atoms with Gasteiger partial charge in [0.2, 0.25) is 5.76 Å². The number of carboxylic acid groups (broad SMARTS) is 1. The smallest absolute Gasteiger partial charge is 0.371 e. The van der Waals surface area contributed by atoms with Gasteiger partial charge in [0.1, 0.15) is 5.75 Å². The van der Waals surface area contributed by atoms with Gasteiger partial charge in [0, 0.05) is 18.8 Å². The number of benzene rings is 1. The van der Waals surface area contributed by atoms with E-state index in [1.54, 1.807) is 12.1 Å². The molecule has 17 heavy (non-hydrogen) atoms. The third kappa shape index (κ3) is 1.51. The molecule has 2 aliphatic rings. The zero-order valence-corrected chi connectivity index (χ0v) is 9.06. The monoisotopic (exact) mass is 232 g/mol. The Labute approximate surface area is 98.1 Å². The van der Waals surface area contributed by atoms with Gasteiger partial charge in [0.15, 0.2) is 0 Å². The molecule has 1 atom stereocenters. The van der Waals surface area contributed by atoms with Crippen LogP contribution in [0.5, 0.6) is 5.75 Å². The van der Waals surface area contributed by atoms with Crippen molar-refractivity contribution in [3.05, 3.63) is 41.7 Å². The zero-order chi connectivity index (χ0) is 11.9. The molecule has 0 radical (unpaired) electrons. The highest BCUT2D eigenvalue weighted by atomic mass is 16.5. The van der Waals surface area contributed by atoms with E-state index in [-0.39, 0.29) is 5.76 Å². The number of hydrogen-bond acceptors (Lipinski definition) is 4. The molecule has 88 valence electrons. The van der Waals surface area contributed by atoms with Gasteiger partial charge in [-0.2, -0.15) is 0 Å². The normalized spacial score (nSPS) is 26.2. The maximum Gasteiger partial charge on any atom is 0.371 e. The van der Waals surface area contributed by atoms with Crippen LogP contribution in [0, 0.1) is 0 Å². The van der Waals surface area contributed by atoms with Crippen molar-refractivity contribution >= 4 is 5.97 Å². The van der Waals surface area contributed by atoms with Gasteiger partial charge in [-0.1, -0.05) is 18.2 Å². The van der Waals surface area contributed by atoms with Crippen molar-refractivity contribution in [3.8, 4) is 5.75 Å². The average molecular weight is 232 g/mol. The maximum absolute atomic E-state index is 11.1. The van der Waals surface area contributed by atoms with E-state index in [9.17, 15) is 4.79 Å². The van der Waals surface area contributed by atoms with Crippen LogP contribution in [0.4, 0.5) is 0 Å². The molecule has 0 aliphatic carbocycles. The van der Waals surface area contributed by atoms with Crippen LogP contribution in [-0.2, 0) is 10.3 Å². The van der Waals surface area contributed by atoms with E-state index < -0.39 is 11.5 Å². The van der Waals surface area contributed by atoms with Crippen LogP contribution >= 0.6 is 0 Å². The molecule has 1 fully saturated rings. The van der Waals surface area contributed by atoms with Gasteiger partial charge in [-0.05, 0) is 12.1 Å². The first-order chi connectivity index (χ1) is 8.21. The van der Waals surface area contributed by atoms with E-state index in [0.717, 1.165) is 5.56 Å². The number of rotatable bonds is 1. The molecule has 0 saturated carbocycles. The molecule has 0 amide bonds. The lowest BCUT2D eigenvalue weighted by molar-refractivity contribution is -0.135. The van der Waals surface area contributed by atoms with Crippen LogP contribution in [0.1, 0.15) is 5.56 Å². The Bertz CT molecular complexity index is 504. The first-order valence-electron chi connectivity index (χ1n) is 5.40. The van der Waals surface area contributed by atoms with E-state index in [1.165, 1.54) is 0 Å². The number of carbonyl (C=O) groups is 1. The highest BCUT2D eigenvalue weighted by Gasteiger charge is 2.40. The van der Waals surface area contributed by atoms with Crippen molar-refractivity contribution in [2.24, 2.45) is 0 Å².